The van der Waals surface area contributed by atoms with Crippen LogP contribution in [0.15, 0.2) is 18.3 Å². The average Bonchev–Trinajstić information content (AvgIpc) is 3.20. The first-order valence-corrected chi connectivity index (χ1v) is 18.5. The van der Waals surface area contributed by atoms with Crippen molar-refractivity contribution in [1.29, 1.82) is 0 Å². The van der Waals surface area contributed by atoms with E-state index in [1.807, 2.05) is 0 Å². The minimum absolute atomic E-state index is 0.0470. The van der Waals surface area contributed by atoms with Gasteiger partial charge in [-0.1, -0.05) is 41.0 Å². The lowest BCUT2D eigenvalue weighted by molar-refractivity contribution is -0.138. The van der Waals surface area contributed by atoms with Crippen LogP contribution in [0.25, 0.3) is 0 Å². The average molecular weight is 603 g/mol. The van der Waals surface area contributed by atoms with Gasteiger partial charge in [0, 0.05) is 54.8 Å². The lowest BCUT2D eigenvalue weighted by Crippen LogP contribution is -2.47. The van der Waals surface area contributed by atoms with E-state index in [2.05, 4.69) is 52.7 Å². The van der Waals surface area contributed by atoms with Crippen molar-refractivity contribution >= 4 is 8.32 Å². The fourth-order valence-electron chi connectivity index (χ4n) is 7.32. The number of rotatable bonds is 4. The number of nitrogens with zero attached hydrogens (tertiary/aromatic N) is 2. The fraction of sp³-hybridized carbons (Fsp3) is 0.697. The Morgan fingerprint density at radius 1 is 1.02 bits per heavy atom. The Kier molecular flexibility index (Phi) is 7.27. The van der Waals surface area contributed by atoms with Gasteiger partial charge in [-0.2, -0.15) is 13.2 Å². The molecule has 9 heteroatoms. The van der Waals surface area contributed by atoms with Gasteiger partial charge in [-0.25, -0.2) is 0 Å². The molecule has 42 heavy (non-hydrogen) atoms. The molecule has 4 aliphatic rings. The molecule has 230 valence electrons. The van der Waals surface area contributed by atoms with E-state index in [9.17, 15) is 13.2 Å². The Morgan fingerprint density at radius 2 is 1.71 bits per heavy atom. The van der Waals surface area contributed by atoms with Crippen LogP contribution in [-0.2, 0) is 32.1 Å². The highest BCUT2D eigenvalue weighted by atomic mass is 28.4. The molecule has 1 saturated heterocycles. The van der Waals surface area contributed by atoms with Gasteiger partial charge in [0.2, 0.25) is 0 Å². The first-order valence-electron chi connectivity index (χ1n) is 15.6. The molecule has 0 bridgehead atoms. The first-order chi connectivity index (χ1) is 19.6. The van der Waals surface area contributed by atoms with E-state index in [4.69, 9.17) is 18.9 Å². The van der Waals surface area contributed by atoms with Crippen molar-refractivity contribution in [2.45, 2.75) is 128 Å². The highest BCUT2D eigenvalue weighted by molar-refractivity contribution is 6.74. The molecule has 2 atom stereocenters. The van der Waals surface area contributed by atoms with Gasteiger partial charge >= 0.3 is 6.18 Å². The summed E-state index contributed by atoms with van der Waals surface area (Å²) >= 11 is 0. The highest BCUT2D eigenvalue weighted by Gasteiger charge is 2.55. The molecule has 5 nitrogen and oxygen atoms in total. The van der Waals surface area contributed by atoms with E-state index in [1.165, 1.54) is 36.5 Å². The molecule has 0 N–H and O–H groups in total. The van der Waals surface area contributed by atoms with E-state index in [0.717, 1.165) is 42.1 Å². The van der Waals surface area contributed by atoms with Crippen LogP contribution < -0.4 is 0 Å². The first kappa shape index (κ1) is 30.2. The van der Waals surface area contributed by atoms with E-state index in [1.54, 1.807) is 0 Å². The lowest BCUT2D eigenvalue weighted by Gasteiger charge is -2.51. The molecular formula is C33H45F3N2O3Si. The summed E-state index contributed by atoms with van der Waals surface area (Å²) in [5.41, 5.74) is 4.81. The maximum atomic E-state index is 13.4. The topological polar surface area (TPSA) is 53.5 Å². The van der Waals surface area contributed by atoms with E-state index in [0.29, 0.717) is 31.7 Å². The van der Waals surface area contributed by atoms with Gasteiger partial charge < -0.3 is 13.9 Å². The molecule has 2 spiro atoms. The van der Waals surface area contributed by atoms with Gasteiger partial charge in [-0.05, 0) is 72.8 Å². The Labute approximate surface area is 249 Å². The second-order valence-electron chi connectivity index (χ2n) is 15.0. The van der Waals surface area contributed by atoms with Crippen molar-refractivity contribution in [3.05, 3.63) is 57.7 Å². The SMILES string of the molecule is CC(C)c1nc2c(c3c1[C@@H](c1ccc(C(F)(F)F)cn1)OC31CCOCC1)C(O[Si](C)(C)C(C)(C)C)CC1(CCC1)C2. The van der Waals surface area contributed by atoms with Crippen molar-refractivity contribution < 1.29 is 27.1 Å². The number of hydrogen-bond acceptors (Lipinski definition) is 5. The standard InChI is InChI=1S/C33H45F3N2O3Si/c1-20(2)28-26-27(25-23(38-28)17-31(11-8-12-31)18-24(25)41-42(6,7)30(3,4)5)32(13-15-39-16-14-32)40-29(26)22-10-9-21(19-37-22)33(34,35)36/h9-10,19-20,24,29H,8,11-18H2,1-7H3/t24?,29-/m1/s1. The van der Waals surface area contributed by atoms with Gasteiger partial charge in [0.1, 0.15) is 6.10 Å². The van der Waals surface area contributed by atoms with Crippen molar-refractivity contribution in [2.24, 2.45) is 5.41 Å². The van der Waals surface area contributed by atoms with E-state index >= 15 is 0 Å². The Bertz CT molecular complexity index is 1340. The number of aromatic nitrogens is 2. The molecule has 2 aliphatic carbocycles. The second kappa shape index (κ2) is 10.1. The number of halogens is 3. The lowest BCUT2D eigenvalue weighted by atomic mass is 9.58. The minimum atomic E-state index is -4.45. The number of pyridine rings is 2. The van der Waals surface area contributed by atoms with Crippen molar-refractivity contribution in [2.75, 3.05) is 13.2 Å². The number of ether oxygens (including phenoxy) is 2. The molecule has 0 radical (unpaired) electrons. The predicted octanol–water partition coefficient (Wildman–Crippen LogP) is 8.92. The van der Waals surface area contributed by atoms with Crippen LogP contribution in [0.2, 0.25) is 18.1 Å². The van der Waals surface area contributed by atoms with Gasteiger partial charge in [-0.15, -0.1) is 0 Å². The zero-order valence-electron chi connectivity index (χ0n) is 26.1. The third-order valence-corrected chi connectivity index (χ3v) is 15.3. The van der Waals surface area contributed by atoms with Crippen molar-refractivity contribution in [3.63, 3.8) is 0 Å². The number of alkyl halides is 3. The minimum Gasteiger partial charge on any atom is -0.410 e. The molecule has 0 aromatic carbocycles. The normalized spacial score (nSPS) is 25.0. The largest absolute Gasteiger partial charge is 0.417 e. The van der Waals surface area contributed by atoms with E-state index < -0.39 is 31.8 Å². The summed E-state index contributed by atoms with van der Waals surface area (Å²) in [5, 5.41) is 0.0470. The summed E-state index contributed by atoms with van der Waals surface area (Å²) in [6.45, 7) is 16.9. The van der Waals surface area contributed by atoms with Crippen LogP contribution in [0.3, 0.4) is 0 Å². The highest BCUT2D eigenvalue weighted by Crippen LogP contribution is 2.61. The molecule has 1 saturated carbocycles. The third-order valence-electron chi connectivity index (χ3n) is 10.8. The van der Waals surface area contributed by atoms with Crippen LogP contribution in [0, 0.1) is 5.41 Å². The van der Waals surface area contributed by atoms with Crippen LogP contribution in [0.4, 0.5) is 13.2 Å². The van der Waals surface area contributed by atoms with Gasteiger partial charge in [0.15, 0.2) is 8.32 Å². The smallest absolute Gasteiger partial charge is 0.410 e. The summed E-state index contributed by atoms with van der Waals surface area (Å²) in [6.07, 6.45) is 2.75. The van der Waals surface area contributed by atoms with Gasteiger partial charge in [-0.3, -0.25) is 9.97 Å². The second-order valence-corrected chi connectivity index (χ2v) is 19.7. The molecular weight excluding hydrogens is 557 g/mol. The summed E-state index contributed by atoms with van der Waals surface area (Å²) in [4.78, 5) is 9.78. The Hall–Kier alpha value is -1.81. The van der Waals surface area contributed by atoms with Gasteiger partial charge in [0.05, 0.1) is 23.0 Å². The monoisotopic (exact) mass is 602 g/mol. The summed E-state index contributed by atoms with van der Waals surface area (Å²) < 4.78 is 60.5. The van der Waals surface area contributed by atoms with Gasteiger partial charge in [0.25, 0.3) is 0 Å². The zero-order valence-corrected chi connectivity index (χ0v) is 27.1. The third kappa shape index (κ3) is 4.96. The Morgan fingerprint density at radius 3 is 2.24 bits per heavy atom. The summed E-state index contributed by atoms with van der Waals surface area (Å²) in [6, 6.07) is 2.59. The maximum Gasteiger partial charge on any atom is 0.417 e. The predicted molar refractivity (Wildman–Crippen MR) is 158 cm³/mol. The molecule has 2 aromatic heterocycles. The quantitative estimate of drug-likeness (QED) is 0.327. The van der Waals surface area contributed by atoms with Crippen LogP contribution >= 0.6 is 0 Å². The molecule has 2 fully saturated rings. The molecule has 6 rings (SSSR count). The Balaban J connectivity index is 1.58. The number of fused-ring (bicyclic) bond motifs is 4. The van der Waals surface area contributed by atoms with Crippen LogP contribution in [-0.4, -0.2) is 31.5 Å². The molecule has 2 aliphatic heterocycles. The molecule has 0 amide bonds. The molecule has 4 heterocycles. The number of hydrogen-bond donors (Lipinski definition) is 0. The van der Waals surface area contributed by atoms with Crippen LogP contribution in [0.1, 0.15) is 131 Å². The van der Waals surface area contributed by atoms with E-state index in [-0.39, 0.29) is 22.5 Å². The van der Waals surface area contributed by atoms with Crippen molar-refractivity contribution in [3.8, 4) is 0 Å². The van der Waals surface area contributed by atoms with Crippen molar-refractivity contribution in [1.82, 2.24) is 9.97 Å². The summed E-state index contributed by atoms with van der Waals surface area (Å²) in [5.74, 6) is 0.110. The summed E-state index contributed by atoms with van der Waals surface area (Å²) in [7, 11) is -2.16. The van der Waals surface area contributed by atoms with Crippen LogP contribution in [0.5, 0.6) is 0 Å². The molecule has 1 unspecified atom stereocenters. The molecule has 2 aromatic rings. The maximum absolute atomic E-state index is 13.4. The fourth-order valence-corrected chi connectivity index (χ4v) is 8.59. The zero-order chi connectivity index (χ0) is 30.3.